The van der Waals surface area contributed by atoms with E-state index in [1.54, 1.807) is 6.20 Å². The van der Waals surface area contributed by atoms with E-state index in [1.165, 1.54) is 12.8 Å². The molecule has 1 unspecified atom stereocenters. The highest BCUT2D eigenvalue weighted by molar-refractivity contribution is 5.95. The Balaban J connectivity index is 1.76. The maximum absolute atomic E-state index is 12.4. The maximum Gasteiger partial charge on any atom is 0.254 e. The summed E-state index contributed by atoms with van der Waals surface area (Å²) in [6, 6.07) is 3.82. The summed E-state index contributed by atoms with van der Waals surface area (Å²) < 4.78 is 0. The first-order chi connectivity index (χ1) is 9.74. The molecule has 1 aromatic rings. The predicted molar refractivity (Wildman–Crippen MR) is 80.0 cm³/mol. The highest BCUT2D eigenvalue weighted by Gasteiger charge is 2.22. The average Bonchev–Trinajstić information content (AvgIpc) is 3.01. The first kappa shape index (κ1) is 13.4. The highest BCUT2D eigenvalue weighted by atomic mass is 16.2. The zero-order valence-electron chi connectivity index (χ0n) is 12.2. The Kier molecular flexibility index (Phi) is 3.90. The third-order valence-electron chi connectivity index (χ3n) is 4.37. The van der Waals surface area contributed by atoms with E-state index in [0.717, 1.165) is 50.4 Å². The Hall–Kier alpha value is -1.58. The summed E-state index contributed by atoms with van der Waals surface area (Å²) in [5.41, 5.74) is 0.787. The predicted octanol–water partition coefficient (Wildman–Crippen LogP) is 2.55. The van der Waals surface area contributed by atoms with Crippen molar-refractivity contribution in [3.8, 4) is 0 Å². The lowest BCUT2D eigenvalue weighted by molar-refractivity contribution is 0.0792. The molecule has 1 aromatic heterocycles. The molecule has 0 radical (unpaired) electrons. The number of aromatic nitrogens is 1. The molecule has 108 valence electrons. The van der Waals surface area contributed by atoms with Gasteiger partial charge in [0.25, 0.3) is 5.91 Å². The summed E-state index contributed by atoms with van der Waals surface area (Å²) in [5, 5.41) is 0. The minimum absolute atomic E-state index is 0.163. The van der Waals surface area contributed by atoms with E-state index >= 15 is 0 Å². The molecule has 1 amide bonds. The summed E-state index contributed by atoms with van der Waals surface area (Å²) in [5.74, 6) is 1.83. The van der Waals surface area contributed by atoms with Gasteiger partial charge < -0.3 is 9.80 Å². The lowest BCUT2D eigenvalue weighted by Crippen LogP contribution is -2.35. The molecule has 0 spiro atoms. The van der Waals surface area contributed by atoms with E-state index in [0.29, 0.717) is 5.92 Å². The number of pyridine rings is 1. The van der Waals surface area contributed by atoms with Crippen LogP contribution in [0.15, 0.2) is 18.3 Å². The van der Waals surface area contributed by atoms with Crippen LogP contribution in [-0.2, 0) is 0 Å². The van der Waals surface area contributed by atoms with Crippen LogP contribution >= 0.6 is 0 Å². The number of piperidine rings is 1. The second-order valence-corrected chi connectivity index (χ2v) is 6.10. The van der Waals surface area contributed by atoms with Crippen molar-refractivity contribution in [2.75, 3.05) is 31.1 Å². The Bertz CT molecular complexity index is 482. The van der Waals surface area contributed by atoms with Gasteiger partial charge >= 0.3 is 0 Å². The molecule has 0 bridgehead atoms. The molecule has 20 heavy (non-hydrogen) atoms. The Labute approximate surface area is 120 Å². The average molecular weight is 273 g/mol. The maximum atomic E-state index is 12.4. The van der Waals surface area contributed by atoms with Crippen molar-refractivity contribution in [2.24, 2.45) is 5.92 Å². The third-order valence-corrected chi connectivity index (χ3v) is 4.37. The fourth-order valence-corrected chi connectivity index (χ4v) is 3.22. The van der Waals surface area contributed by atoms with Crippen LogP contribution in [0, 0.1) is 5.92 Å². The number of rotatable bonds is 2. The molecule has 4 heteroatoms. The number of carbonyl (C=O) groups excluding carboxylic acids is 1. The van der Waals surface area contributed by atoms with E-state index in [9.17, 15) is 4.79 Å². The number of nitrogens with zero attached hydrogens (tertiary/aromatic N) is 3. The second kappa shape index (κ2) is 5.81. The zero-order chi connectivity index (χ0) is 13.9. The van der Waals surface area contributed by atoms with Crippen LogP contribution in [0.2, 0.25) is 0 Å². The fourth-order valence-electron chi connectivity index (χ4n) is 3.22. The molecule has 0 aliphatic carbocycles. The van der Waals surface area contributed by atoms with Gasteiger partial charge in [-0.05, 0) is 43.7 Å². The third kappa shape index (κ3) is 2.79. The number of hydrogen-bond acceptors (Lipinski definition) is 3. The van der Waals surface area contributed by atoms with Crippen LogP contribution < -0.4 is 4.90 Å². The largest absolute Gasteiger partial charge is 0.356 e. The Morgan fingerprint density at radius 2 is 2.05 bits per heavy atom. The standard InChI is InChI=1S/C16H23N3O/c1-13-5-4-10-19(12-13)15-11-14(6-7-17-15)16(20)18-8-2-3-9-18/h6-7,11,13H,2-5,8-10,12H2,1H3. The molecule has 2 saturated heterocycles. The molecule has 3 rings (SSSR count). The first-order valence-electron chi connectivity index (χ1n) is 7.74. The number of likely N-dealkylation sites (tertiary alicyclic amines) is 1. The number of hydrogen-bond donors (Lipinski definition) is 0. The van der Waals surface area contributed by atoms with Gasteiger partial charge in [-0.15, -0.1) is 0 Å². The molecule has 3 heterocycles. The lowest BCUT2D eigenvalue weighted by atomic mass is 10.0. The molecular formula is C16H23N3O. The van der Waals surface area contributed by atoms with Crippen LogP contribution in [0.3, 0.4) is 0 Å². The van der Waals surface area contributed by atoms with Crippen molar-refractivity contribution in [3.05, 3.63) is 23.9 Å². The number of amides is 1. The SMILES string of the molecule is CC1CCCN(c2cc(C(=O)N3CCCC3)ccn2)C1. The van der Waals surface area contributed by atoms with Crippen molar-refractivity contribution in [1.82, 2.24) is 9.88 Å². The minimum atomic E-state index is 0.163. The van der Waals surface area contributed by atoms with E-state index in [2.05, 4.69) is 16.8 Å². The first-order valence-corrected chi connectivity index (χ1v) is 7.74. The van der Waals surface area contributed by atoms with Gasteiger partial charge in [0, 0.05) is 37.9 Å². The van der Waals surface area contributed by atoms with Crippen LogP contribution in [0.25, 0.3) is 0 Å². The van der Waals surface area contributed by atoms with Crippen molar-refractivity contribution < 1.29 is 4.79 Å². The molecule has 2 fully saturated rings. The molecule has 4 nitrogen and oxygen atoms in total. The summed E-state index contributed by atoms with van der Waals surface area (Å²) in [6.45, 7) is 6.19. The van der Waals surface area contributed by atoms with Crippen molar-refractivity contribution in [3.63, 3.8) is 0 Å². The van der Waals surface area contributed by atoms with Crippen LogP contribution in [0.4, 0.5) is 5.82 Å². The topological polar surface area (TPSA) is 36.4 Å². The molecule has 0 aromatic carbocycles. The van der Waals surface area contributed by atoms with Gasteiger partial charge in [-0.3, -0.25) is 4.79 Å². The molecule has 1 atom stereocenters. The van der Waals surface area contributed by atoms with Gasteiger partial charge in [-0.25, -0.2) is 4.98 Å². The summed E-state index contributed by atoms with van der Waals surface area (Å²) in [4.78, 5) is 21.2. The Morgan fingerprint density at radius 3 is 2.80 bits per heavy atom. The summed E-state index contributed by atoms with van der Waals surface area (Å²) >= 11 is 0. The van der Waals surface area contributed by atoms with Gasteiger partial charge in [-0.2, -0.15) is 0 Å². The van der Waals surface area contributed by atoms with Gasteiger partial charge in [0.2, 0.25) is 0 Å². The molecule has 0 saturated carbocycles. The van der Waals surface area contributed by atoms with Crippen molar-refractivity contribution >= 4 is 11.7 Å². The van der Waals surface area contributed by atoms with Crippen LogP contribution in [0.1, 0.15) is 43.0 Å². The molecule has 2 aliphatic rings. The van der Waals surface area contributed by atoms with Gasteiger partial charge in [-0.1, -0.05) is 6.92 Å². The zero-order valence-corrected chi connectivity index (χ0v) is 12.2. The summed E-state index contributed by atoms with van der Waals surface area (Å²) in [6.07, 6.45) is 6.55. The Morgan fingerprint density at radius 1 is 1.25 bits per heavy atom. The van der Waals surface area contributed by atoms with E-state index in [4.69, 9.17) is 0 Å². The molecular weight excluding hydrogens is 250 g/mol. The van der Waals surface area contributed by atoms with E-state index in [-0.39, 0.29) is 5.91 Å². The molecule has 0 N–H and O–H groups in total. The van der Waals surface area contributed by atoms with E-state index in [1.807, 2.05) is 17.0 Å². The fraction of sp³-hybridized carbons (Fsp3) is 0.625. The van der Waals surface area contributed by atoms with Crippen LogP contribution in [-0.4, -0.2) is 42.0 Å². The number of anilines is 1. The lowest BCUT2D eigenvalue weighted by Gasteiger charge is -2.32. The summed E-state index contributed by atoms with van der Waals surface area (Å²) in [7, 11) is 0. The van der Waals surface area contributed by atoms with Crippen molar-refractivity contribution in [1.29, 1.82) is 0 Å². The highest BCUT2D eigenvalue weighted by Crippen LogP contribution is 2.22. The quantitative estimate of drug-likeness (QED) is 0.831. The normalized spacial score (nSPS) is 23.1. The second-order valence-electron chi connectivity index (χ2n) is 6.10. The van der Waals surface area contributed by atoms with Crippen molar-refractivity contribution in [2.45, 2.75) is 32.6 Å². The monoisotopic (exact) mass is 273 g/mol. The minimum Gasteiger partial charge on any atom is -0.356 e. The van der Waals surface area contributed by atoms with Crippen LogP contribution in [0.5, 0.6) is 0 Å². The van der Waals surface area contributed by atoms with Gasteiger partial charge in [0.15, 0.2) is 0 Å². The van der Waals surface area contributed by atoms with Gasteiger partial charge in [0.05, 0.1) is 0 Å². The van der Waals surface area contributed by atoms with E-state index < -0.39 is 0 Å². The molecule has 2 aliphatic heterocycles. The smallest absolute Gasteiger partial charge is 0.254 e. The van der Waals surface area contributed by atoms with Gasteiger partial charge in [0.1, 0.15) is 5.82 Å². The number of carbonyl (C=O) groups is 1.